The molecule has 2 heterocycles. The SMILES string of the molecule is C=CN=C(C)N(COCCS(C)(C)C)C(CO)C1=Cc2cccnc2Cc2ccc(Cl)cc21.CC.CC(C)(C)OC(=O)N1CCNCC1. The summed E-state index contributed by atoms with van der Waals surface area (Å²) in [4.78, 5) is 24.2. The van der Waals surface area contributed by atoms with E-state index in [9.17, 15) is 9.90 Å². The summed E-state index contributed by atoms with van der Waals surface area (Å²) in [5.41, 5.74) is 4.74. The molecule has 1 aromatic heterocycles. The number of hydrogen-bond acceptors (Lipinski definition) is 7. The molecule has 1 aromatic carbocycles. The molecule has 1 saturated heterocycles. The van der Waals surface area contributed by atoms with E-state index in [2.05, 4.69) is 52.8 Å². The minimum Gasteiger partial charge on any atom is -0.444 e. The molecule has 0 spiro atoms. The van der Waals surface area contributed by atoms with Crippen molar-refractivity contribution < 1.29 is 19.4 Å². The first-order valence-corrected chi connectivity index (χ1v) is 20.0. The summed E-state index contributed by atoms with van der Waals surface area (Å²) in [5, 5.41) is 14.5. The van der Waals surface area contributed by atoms with Gasteiger partial charge in [-0.3, -0.25) is 4.98 Å². The van der Waals surface area contributed by atoms with Gasteiger partial charge in [-0.15, -0.1) is 0 Å². The van der Waals surface area contributed by atoms with Crippen LogP contribution in [0.3, 0.4) is 0 Å². The molecule has 1 atom stereocenters. The van der Waals surface area contributed by atoms with Gasteiger partial charge in [-0.1, -0.05) is 44.2 Å². The Balaban J connectivity index is 0.000000445. The molecule has 2 aromatic rings. The van der Waals surface area contributed by atoms with Crippen LogP contribution >= 0.6 is 21.6 Å². The monoisotopic (exact) mass is 703 g/mol. The number of rotatable bonds is 9. The molecule has 1 fully saturated rings. The lowest BCUT2D eigenvalue weighted by Gasteiger charge is -2.34. The lowest BCUT2D eigenvalue weighted by molar-refractivity contribution is 0.0229. The lowest BCUT2D eigenvalue weighted by Crippen LogP contribution is -2.48. The highest BCUT2D eigenvalue weighted by atomic mass is 35.5. The lowest BCUT2D eigenvalue weighted by atomic mass is 9.93. The quantitative estimate of drug-likeness (QED) is 0.127. The maximum absolute atomic E-state index is 11.5. The Hall–Kier alpha value is -2.89. The number of nitrogens with zero attached hydrogens (tertiary/aromatic N) is 4. The van der Waals surface area contributed by atoms with Crippen LogP contribution in [0.2, 0.25) is 5.02 Å². The summed E-state index contributed by atoms with van der Waals surface area (Å²) in [6.07, 6.45) is 12.8. The predicted molar refractivity (Wildman–Crippen MR) is 205 cm³/mol. The summed E-state index contributed by atoms with van der Waals surface area (Å²) in [7, 11) is -0.654. The molecule has 268 valence electrons. The summed E-state index contributed by atoms with van der Waals surface area (Å²) < 4.78 is 11.3. The largest absolute Gasteiger partial charge is 0.444 e. The van der Waals surface area contributed by atoms with Crippen molar-refractivity contribution in [2.75, 3.05) is 70.6 Å². The standard InChI is InChI=1S/C26H34ClN3O2S.C9H18N2O2.C2H6/c1-6-28-19(2)30(18-32-12-13-33(3,4)5)26(17-31)24-14-21-8-7-11-29-25(21)15-20-9-10-22(27)16-23(20)24;1-9(2,3)13-8(12)11-6-4-10-5-7-11;1-2/h6-11,14,16,26,31H,1,12-13,15,17-18H2,2-5H3;10H,4-7H2,1-3H3;1-2H3. The fourth-order valence-corrected chi connectivity index (χ4v) is 5.82. The zero-order valence-corrected chi connectivity index (χ0v) is 32.1. The number of halogens is 1. The molecule has 2 aliphatic rings. The van der Waals surface area contributed by atoms with Crippen LogP contribution < -0.4 is 5.32 Å². The Morgan fingerprint density at radius 3 is 2.52 bits per heavy atom. The average molecular weight is 704 g/mol. The van der Waals surface area contributed by atoms with Gasteiger partial charge in [-0.2, -0.15) is 0 Å². The molecule has 48 heavy (non-hydrogen) atoms. The molecule has 1 aliphatic carbocycles. The number of benzene rings is 1. The van der Waals surface area contributed by atoms with Gasteiger partial charge in [0.05, 0.1) is 24.9 Å². The van der Waals surface area contributed by atoms with Crippen LogP contribution in [0.25, 0.3) is 11.6 Å². The molecule has 4 rings (SSSR count). The third-order valence-electron chi connectivity index (χ3n) is 7.42. The van der Waals surface area contributed by atoms with Crippen LogP contribution in [0.15, 0.2) is 54.3 Å². The zero-order chi connectivity index (χ0) is 35.9. The van der Waals surface area contributed by atoms with Crippen LogP contribution in [-0.4, -0.2) is 114 Å². The van der Waals surface area contributed by atoms with E-state index in [0.717, 1.165) is 65.7 Å². The molecule has 2 N–H and O–H groups in total. The molecular formula is C37H58ClN5O4S. The average Bonchev–Trinajstić information content (AvgIpc) is 3.19. The molecule has 1 aliphatic heterocycles. The highest BCUT2D eigenvalue weighted by Crippen LogP contribution is 2.36. The third-order valence-corrected chi connectivity index (χ3v) is 9.04. The van der Waals surface area contributed by atoms with Gasteiger partial charge in [0.1, 0.15) is 18.2 Å². The van der Waals surface area contributed by atoms with Crippen molar-refractivity contribution in [2.45, 2.75) is 59.6 Å². The molecular weight excluding hydrogens is 646 g/mol. The Labute approximate surface area is 295 Å². The highest BCUT2D eigenvalue weighted by molar-refractivity contribution is 8.32. The Morgan fingerprint density at radius 1 is 1.23 bits per heavy atom. The highest BCUT2D eigenvalue weighted by Gasteiger charge is 2.28. The van der Waals surface area contributed by atoms with E-state index in [1.807, 2.05) is 76.9 Å². The van der Waals surface area contributed by atoms with Crippen molar-refractivity contribution in [3.8, 4) is 0 Å². The van der Waals surface area contributed by atoms with Gasteiger partial charge < -0.3 is 29.7 Å². The first kappa shape index (κ1) is 41.3. The fraction of sp³-hybridized carbons (Fsp3) is 0.541. The van der Waals surface area contributed by atoms with Gasteiger partial charge in [-0.25, -0.2) is 19.8 Å². The second-order valence-corrected chi connectivity index (χ2v) is 18.2. The summed E-state index contributed by atoms with van der Waals surface area (Å²) in [6.45, 7) is 19.4. The predicted octanol–water partition coefficient (Wildman–Crippen LogP) is 6.93. The smallest absolute Gasteiger partial charge is 0.410 e. The molecule has 0 bridgehead atoms. The van der Waals surface area contributed by atoms with Crippen molar-refractivity contribution in [3.05, 3.63) is 76.7 Å². The molecule has 0 saturated carbocycles. The minimum absolute atomic E-state index is 0.106. The number of aromatic nitrogens is 1. The first-order valence-electron chi connectivity index (χ1n) is 16.6. The van der Waals surface area contributed by atoms with Crippen molar-refractivity contribution in [1.29, 1.82) is 0 Å². The van der Waals surface area contributed by atoms with Gasteiger partial charge in [0.25, 0.3) is 0 Å². The summed E-state index contributed by atoms with van der Waals surface area (Å²) in [6, 6.07) is 9.53. The number of fused-ring (bicyclic) bond motifs is 2. The first-order chi connectivity index (χ1) is 22.7. The number of carbonyl (C=O) groups is 1. The maximum Gasteiger partial charge on any atom is 0.410 e. The van der Waals surface area contributed by atoms with E-state index in [-0.39, 0.29) is 24.3 Å². The van der Waals surface area contributed by atoms with Crippen LogP contribution in [0, 0.1) is 0 Å². The van der Waals surface area contributed by atoms with Crippen LogP contribution in [-0.2, 0) is 15.9 Å². The second kappa shape index (κ2) is 19.9. The van der Waals surface area contributed by atoms with Crippen molar-refractivity contribution >= 4 is 45.2 Å². The number of hydrogen-bond donors (Lipinski definition) is 2. The second-order valence-electron chi connectivity index (χ2n) is 13.2. The number of pyridine rings is 1. The Kier molecular flexibility index (Phi) is 17.2. The molecule has 1 amide bonds. The van der Waals surface area contributed by atoms with E-state index >= 15 is 0 Å². The van der Waals surface area contributed by atoms with E-state index < -0.39 is 10.0 Å². The van der Waals surface area contributed by atoms with Crippen molar-refractivity contribution in [2.24, 2.45) is 4.99 Å². The van der Waals surface area contributed by atoms with Crippen LogP contribution in [0.5, 0.6) is 0 Å². The minimum atomic E-state index is -0.654. The Morgan fingerprint density at radius 2 is 1.92 bits per heavy atom. The van der Waals surface area contributed by atoms with Gasteiger partial charge in [0, 0.05) is 55.8 Å². The topological polar surface area (TPSA) is 99.5 Å². The number of carbonyl (C=O) groups excluding carboxylic acids is 1. The van der Waals surface area contributed by atoms with Crippen molar-refractivity contribution in [1.82, 2.24) is 20.1 Å². The van der Waals surface area contributed by atoms with Crippen molar-refractivity contribution in [3.63, 3.8) is 0 Å². The van der Waals surface area contributed by atoms with Crippen LogP contribution in [0.4, 0.5) is 4.79 Å². The van der Waals surface area contributed by atoms with E-state index in [1.54, 1.807) is 4.90 Å². The Bertz CT molecular complexity index is 1380. The zero-order valence-electron chi connectivity index (χ0n) is 30.5. The molecule has 0 radical (unpaired) electrons. The van der Waals surface area contributed by atoms with Crippen LogP contribution in [0.1, 0.15) is 63.9 Å². The number of amides is 1. The molecule has 1 unspecified atom stereocenters. The number of aliphatic hydroxyl groups excluding tert-OH is 1. The molecule has 9 nitrogen and oxygen atoms in total. The third kappa shape index (κ3) is 13.6. The number of amidine groups is 1. The van der Waals surface area contributed by atoms with E-state index in [1.165, 1.54) is 6.20 Å². The molecule has 11 heteroatoms. The normalized spacial score (nSPS) is 15.5. The summed E-state index contributed by atoms with van der Waals surface area (Å²) >= 11 is 6.41. The summed E-state index contributed by atoms with van der Waals surface area (Å²) in [5.74, 6) is 1.75. The van der Waals surface area contributed by atoms with Gasteiger partial charge in [0.2, 0.25) is 0 Å². The van der Waals surface area contributed by atoms with Gasteiger partial charge in [0.15, 0.2) is 0 Å². The number of piperazine rings is 1. The fourth-order valence-electron chi connectivity index (χ4n) is 5.03. The maximum atomic E-state index is 11.5. The number of aliphatic hydroxyl groups is 1. The number of ether oxygens (including phenoxy) is 2. The van der Waals surface area contributed by atoms with E-state index in [0.29, 0.717) is 24.8 Å². The van der Waals surface area contributed by atoms with E-state index in [4.69, 9.17) is 21.1 Å². The number of aliphatic imine (C=N–C) groups is 1. The number of nitrogens with one attached hydrogen (secondary N) is 1. The van der Waals surface area contributed by atoms with Gasteiger partial charge >= 0.3 is 6.09 Å². The van der Waals surface area contributed by atoms with Gasteiger partial charge in [-0.05, 0) is 93.0 Å².